The fourth-order valence-corrected chi connectivity index (χ4v) is 4.01. The third-order valence-electron chi connectivity index (χ3n) is 3.50. The number of guanidine groups is 1. The summed E-state index contributed by atoms with van der Waals surface area (Å²) in [6.07, 6.45) is 2.21. The topological polar surface area (TPSA) is 99.6 Å². The van der Waals surface area contributed by atoms with Gasteiger partial charge in [-0.1, -0.05) is 19.4 Å². The molecule has 2 N–H and O–H groups in total. The summed E-state index contributed by atoms with van der Waals surface area (Å²) in [5.41, 5.74) is 0.952. The molecule has 3 rings (SSSR count). The second-order valence-electron chi connectivity index (χ2n) is 5.22. The molecule has 0 amide bonds. The summed E-state index contributed by atoms with van der Waals surface area (Å²) in [5, 5.41) is 3.00. The fourth-order valence-electron chi connectivity index (χ4n) is 2.24. The van der Waals surface area contributed by atoms with E-state index in [-0.39, 0.29) is 10.9 Å². The average molecular weight is 354 g/mol. The number of rotatable bonds is 5. The van der Waals surface area contributed by atoms with Crippen molar-refractivity contribution in [2.75, 3.05) is 19.9 Å². The van der Waals surface area contributed by atoms with Gasteiger partial charge in [-0.25, -0.2) is 18.1 Å². The first-order valence-corrected chi connectivity index (χ1v) is 9.56. The highest BCUT2D eigenvalue weighted by molar-refractivity contribution is 7.90. The highest BCUT2D eigenvalue weighted by atomic mass is 32.2. The Morgan fingerprint density at radius 3 is 3.00 bits per heavy atom. The number of aromatic nitrogens is 2. The van der Waals surface area contributed by atoms with Crippen LogP contribution in [-0.2, 0) is 10.0 Å². The van der Waals surface area contributed by atoms with Crippen LogP contribution in [0.3, 0.4) is 0 Å². The molecule has 0 bridgehead atoms. The number of aliphatic imine (C=N–C) groups is 1. The Kier molecular flexibility index (Phi) is 4.74. The number of nitrogens with zero attached hydrogens (tertiary/aromatic N) is 4. The first-order chi connectivity index (χ1) is 11.1. The maximum atomic E-state index is 12.6. The van der Waals surface area contributed by atoms with Crippen molar-refractivity contribution < 1.29 is 8.42 Å². The van der Waals surface area contributed by atoms with Gasteiger partial charge in [0.15, 0.2) is 0 Å². The van der Waals surface area contributed by atoms with Gasteiger partial charge in [0, 0.05) is 6.54 Å². The standard InChI is InChI=1S/C13H18N6O2S2/c1-2-3-7-19-8-14-13(15-9-19)18-23(20,21)11-6-4-5-10-12(11)17-22-16-10/h4-6H,2-3,7-9H2,1H3,(H2,14,15,18). The van der Waals surface area contributed by atoms with Gasteiger partial charge in [-0.15, -0.1) is 0 Å². The van der Waals surface area contributed by atoms with Gasteiger partial charge in [-0.3, -0.25) is 4.90 Å². The Morgan fingerprint density at radius 1 is 1.39 bits per heavy atom. The fraction of sp³-hybridized carbons (Fsp3) is 0.462. The molecule has 1 aliphatic rings. The lowest BCUT2D eigenvalue weighted by Gasteiger charge is -2.26. The second-order valence-corrected chi connectivity index (χ2v) is 7.40. The van der Waals surface area contributed by atoms with Gasteiger partial charge in [0.2, 0.25) is 5.96 Å². The minimum Gasteiger partial charge on any atom is -0.343 e. The van der Waals surface area contributed by atoms with Crippen LogP contribution in [0.5, 0.6) is 0 Å². The molecular weight excluding hydrogens is 336 g/mol. The van der Waals surface area contributed by atoms with E-state index in [1.807, 2.05) is 0 Å². The third-order valence-corrected chi connectivity index (χ3v) is 5.41. The Labute approximate surface area is 139 Å². The molecule has 0 saturated heterocycles. The van der Waals surface area contributed by atoms with E-state index in [1.165, 1.54) is 6.07 Å². The summed E-state index contributed by atoms with van der Waals surface area (Å²) >= 11 is 0.992. The van der Waals surface area contributed by atoms with Crippen molar-refractivity contribution in [1.82, 2.24) is 23.7 Å². The average Bonchev–Trinajstić information content (AvgIpc) is 3.02. The molecular formula is C13H18N6O2S2. The summed E-state index contributed by atoms with van der Waals surface area (Å²) in [6.45, 7) is 4.13. The largest absolute Gasteiger partial charge is 0.343 e. The Morgan fingerprint density at radius 2 is 2.26 bits per heavy atom. The van der Waals surface area contributed by atoms with Crippen LogP contribution in [0.15, 0.2) is 28.1 Å². The molecule has 1 aliphatic heterocycles. The molecule has 2 aromatic rings. The summed E-state index contributed by atoms with van der Waals surface area (Å²) < 4.78 is 35.7. The summed E-state index contributed by atoms with van der Waals surface area (Å²) in [5.74, 6) is 0.262. The zero-order valence-corrected chi connectivity index (χ0v) is 14.3. The predicted molar refractivity (Wildman–Crippen MR) is 89.7 cm³/mol. The number of hydrogen-bond acceptors (Lipinski definition) is 8. The smallest absolute Gasteiger partial charge is 0.266 e. The number of nitrogens with one attached hydrogen (secondary N) is 2. The van der Waals surface area contributed by atoms with Crippen LogP contribution < -0.4 is 10.0 Å². The summed E-state index contributed by atoms with van der Waals surface area (Å²) in [4.78, 5) is 6.48. The molecule has 8 nitrogen and oxygen atoms in total. The molecule has 2 heterocycles. The SMILES string of the molecule is CCCCN1CN=C(NS(=O)(=O)c2cccc3nsnc23)NC1. The van der Waals surface area contributed by atoms with Crippen LogP contribution in [-0.4, -0.2) is 47.9 Å². The molecule has 23 heavy (non-hydrogen) atoms. The molecule has 0 atom stereocenters. The maximum Gasteiger partial charge on any atom is 0.266 e. The van der Waals surface area contributed by atoms with Crippen LogP contribution in [0, 0.1) is 0 Å². The normalized spacial score (nSPS) is 16.1. The molecule has 0 aliphatic carbocycles. The van der Waals surface area contributed by atoms with E-state index in [9.17, 15) is 8.42 Å². The van der Waals surface area contributed by atoms with E-state index in [4.69, 9.17) is 0 Å². The van der Waals surface area contributed by atoms with Gasteiger partial charge >= 0.3 is 0 Å². The van der Waals surface area contributed by atoms with Crippen molar-refractivity contribution in [3.63, 3.8) is 0 Å². The Balaban J connectivity index is 1.75. The number of sulfonamides is 1. The van der Waals surface area contributed by atoms with E-state index >= 15 is 0 Å². The lowest BCUT2D eigenvalue weighted by molar-refractivity contribution is 0.259. The van der Waals surface area contributed by atoms with E-state index in [0.717, 1.165) is 31.1 Å². The van der Waals surface area contributed by atoms with Crippen LogP contribution in [0.2, 0.25) is 0 Å². The third kappa shape index (κ3) is 3.59. The van der Waals surface area contributed by atoms with E-state index < -0.39 is 10.0 Å². The first kappa shape index (κ1) is 16.1. The van der Waals surface area contributed by atoms with E-state index in [2.05, 4.69) is 35.6 Å². The second kappa shape index (κ2) is 6.77. The van der Waals surface area contributed by atoms with Gasteiger partial charge in [-0.2, -0.15) is 8.75 Å². The Hall–Kier alpha value is -1.78. The van der Waals surface area contributed by atoms with Gasteiger partial charge in [0.25, 0.3) is 10.0 Å². The molecule has 0 fully saturated rings. The molecule has 124 valence electrons. The summed E-state index contributed by atoms with van der Waals surface area (Å²) in [7, 11) is -3.75. The molecule has 0 spiro atoms. The van der Waals surface area contributed by atoms with Crippen LogP contribution in [0.4, 0.5) is 0 Å². The van der Waals surface area contributed by atoms with Crippen LogP contribution in [0.1, 0.15) is 19.8 Å². The van der Waals surface area contributed by atoms with Crippen molar-refractivity contribution in [1.29, 1.82) is 0 Å². The summed E-state index contributed by atoms with van der Waals surface area (Å²) in [6, 6.07) is 4.91. The highest BCUT2D eigenvalue weighted by Crippen LogP contribution is 2.20. The minimum atomic E-state index is -3.75. The van der Waals surface area contributed by atoms with Gasteiger partial charge < -0.3 is 5.32 Å². The maximum absolute atomic E-state index is 12.6. The van der Waals surface area contributed by atoms with Crippen LogP contribution in [0.25, 0.3) is 11.0 Å². The Bertz CT molecular complexity index is 817. The molecule has 1 aromatic heterocycles. The van der Waals surface area contributed by atoms with Gasteiger partial charge in [0.05, 0.1) is 25.1 Å². The number of hydrogen-bond donors (Lipinski definition) is 2. The lowest BCUT2D eigenvalue weighted by atomic mass is 10.3. The zero-order chi connectivity index (χ0) is 16.3. The lowest BCUT2D eigenvalue weighted by Crippen LogP contribution is -2.50. The quantitative estimate of drug-likeness (QED) is 0.829. The highest BCUT2D eigenvalue weighted by Gasteiger charge is 2.22. The minimum absolute atomic E-state index is 0.113. The number of benzene rings is 1. The predicted octanol–water partition coefficient (Wildman–Crippen LogP) is 0.946. The van der Waals surface area contributed by atoms with Crippen molar-refractivity contribution in [3.05, 3.63) is 18.2 Å². The number of fused-ring (bicyclic) bond motifs is 1. The zero-order valence-electron chi connectivity index (χ0n) is 12.7. The monoisotopic (exact) mass is 354 g/mol. The van der Waals surface area contributed by atoms with Gasteiger partial charge in [0.1, 0.15) is 15.9 Å². The van der Waals surface area contributed by atoms with Crippen molar-refractivity contribution in [3.8, 4) is 0 Å². The van der Waals surface area contributed by atoms with E-state index in [0.29, 0.717) is 24.4 Å². The van der Waals surface area contributed by atoms with Crippen molar-refractivity contribution >= 4 is 38.7 Å². The van der Waals surface area contributed by atoms with Crippen LogP contribution >= 0.6 is 11.7 Å². The van der Waals surface area contributed by atoms with Crippen molar-refractivity contribution in [2.24, 2.45) is 4.99 Å². The van der Waals surface area contributed by atoms with Crippen molar-refractivity contribution in [2.45, 2.75) is 24.7 Å². The first-order valence-electron chi connectivity index (χ1n) is 7.35. The molecule has 0 radical (unpaired) electrons. The van der Waals surface area contributed by atoms with Gasteiger partial charge in [-0.05, 0) is 18.6 Å². The number of unbranched alkanes of at least 4 members (excludes halogenated alkanes) is 1. The molecule has 1 aromatic carbocycles. The van der Waals surface area contributed by atoms with E-state index in [1.54, 1.807) is 12.1 Å². The molecule has 10 heteroatoms. The molecule has 0 saturated carbocycles. The molecule has 0 unspecified atom stereocenters.